The average molecular weight is 291 g/mol. The monoisotopic (exact) mass is 291 g/mol. The fourth-order valence-electron chi connectivity index (χ4n) is 1.57. The van der Waals surface area contributed by atoms with Gasteiger partial charge in [0, 0.05) is 32.5 Å². The van der Waals surface area contributed by atoms with Crippen molar-refractivity contribution >= 4 is 23.7 Å². The Kier molecular flexibility index (Phi) is 5.05. The Morgan fingerprint density at radius 1 is 1.05 bits per heavy atom. The number of hydrogen-bond acceptors (Lipinski definition) is 8. The molecular formula is C12H17N7S. The van der Waals surface area contributed by atoms with Gasteiger partial charge in [-0.2, -0.15) is 15.0 Å². The molecule has 0 radical (unpaired) electrons. The molecule has 0 bridgehead atoms. The molecule has 0 aromatic carbocycles. The third-order valence-corrected chi connectivity index (χ3v) is 3.36. The molecule has 0 aliphatic heterocycles. The molecular weight excluding hydrogens is 274 g/mol. The molecule has 7 nitrogen and oxygen atoms in total. The van der Waals surface area contributed by atoms with Crippen LogP contribution in [0.5, 0.6) is 0 Å². The van der Waals surface area contributed by atoms with E-state index >= 15 is 0 Å². The average Bonchev–Trinajstić information content (AvgIpc) is 2.49. The maximum absolute atomic E-state index is 4.47. The molecule has 8 heteroatoms. The van der Waals surface area contributed by atoms with Crippen molar-refractivity contribution in [1.82, 2.24) is 24.9 Å². The van der Waals surface area contributed by atoms with Crippen LogP contribution in [0.2, 0.25) is 0 Å². The molecule has 106 valence electrons. The van der Waals surface area contributed by atoms with Crippen LogP contribution in [0.3, 0.4) is 0 Å². The Balaban J connectivity index is 2.30. The van der Waals surface area contributed by atoms with Crippen LogP contribution in [-0.4, -0.2) is 45.1 Å². The van der Waals surface area contributed by atoms with Crippen LogP contribution >= 0.6 is 11.8 Å². The van der Waals surface area contributed by atoms with Crippen LogP contribution < -0.4 is 10.2 Å². The van der Waals surface area contributed by atoms with Crippen LogP contribution in [0.25, 0.3) is 0 Å². The Labute approximate surface area is 122 Å². The summed E-state index contributed by atoms with van der Waals surface area (Å²) in [6.45, 7) is 5.82. The minimum absolute atomic E-state index is 0.542. The number of nitrogens with zero attached hydrogens (tertiary/aromatic N) is 6. The largest absolute Gasteiger partial charge is 0.357 e. The summed E-state index contributed by atoms with van der Waals surface area (Å²) in [5.74, 6) is 1.20. The minimum atomic E-state index is 0.542. The van der Waals surface area contributed by atoms with Crippen LogP contribution in [0.4, 0.5) is 11.9 Å². The van der Waals surface area contributed by atoms with E-state index in [-0.39, 0.29) is 0 Å². The quantitative estimate of drug-likeness (QED) is 0.806. The molecule has 0 aliphatic rings. The lowest BCUT2D eigenvalue weighted by molar-refractivity contribution is 0.783. The molecule has 0 unspecified atom stereocenters. The normalized spacial score (nSPS) is 10.3. The molecule has 0 fully saturated rings. The van der Waals surface area contributed by atoms with Crippen molar-refractivity contribution in [3.05, 3.63) is 18.5 Å². The predicted octanol–water partition coefficient (Wildman–Crippen LogP) is 1.70. The summed E-state index contributed by atoms with van der Waals surface area (Å²) in [6, 6.07) is 1.78. The fourth-order valence-corrected chi connectivity index (χ4v) is 2.22. The Bertz CT molecular complexity index is 545. The highest BCUT2D eigenvalue weighted by Gasteiger charge is 2.12. The van der Waals surface area contributed by atoms with Crippen molar-refractivity contribution in [1.29, 1.82) is 0 Å². The highest BCUT2D eigenvalue weighted by atomic mass is 32.2. The second-order valence-electron chi connectivity index (χ2n) is 3.80. The molecule has 2 aromatic rings. The van der Waals surface area contributed by atoms with Gasteiger partial charge in [0.15, 0.2) is 5.16 Å². The molecule has 1 N–H and O–H groups in total. The first-order valence-corrected chi connectivity index (χ1v) is 7.22. The first-order valence-electron chi connectivity index (χ1n) is 6.40. The van der Waals surface area contributed by atoms with Gasteiger partial charge in [0.2, 0.25) is 17.1 Å². The van der Waals surface area contributed by atoms with Crippen LogP contribution in [0.1, 0.15) is 13.8 Å². The minimum Gasteiger partial charge on any atom is -0.357 e. The van der Waals surface area contributed by atoms with Crippen molar-refractivity contribution in [2.75, 3.05) is 30.4 Å². The van der Waals surface area contributed by atoms with Gasteiger partial charge in [-0.25, -0.2) is 9.97 Å². The van der Waals surface area contributed by atoms with E-state index in [1.54, 1.807) is 25.5 Å². The first kappa shape index (κ1) is 14.4. The molecule has 0 saturated heterocycles. The lowest BCUT2D eigenvalue weighted by Crippen LogP contribution is -2.25. The lowest BCUT2D eigenvalue weighted by atomic mass is 10.5. The van der Waals surface area contributed by atoms with Crippen LogP contribution in [0, 0.1) is 0 Å². The second kappa shape index (κ2) is 6.99. The summed E-state index contributed by atoms with van der Waals surface area (Å²) in [4.78, 5) is 23.6. The Morgan fingerprint density at radius 2 is 1.75 bits per heavy atom. The van der Waals surface area contributed by atoms with Gasteiger partial charge in [0.25, 0.3) is 0 Å². The zero-order valence-electron chi connectivity index (χ0n) is 11.7. The number of hydrogen-bond donors (Lipinski definition) is 1. The molecule has 0 aliphatic carbocycles. The van der Waals surface area contributed by atoms with Crippen molar-refractivity contribution in [3.8, 4) is 0 Å². The van der Waals surface area contributed by atoms with Crippen molar-refractivity contribution in [2.45, 2.75) is 24.2 Å². The summed E-state index contributed by atoms with van der Waals surface area (Å²) < 4.78 is 0. The van der Waals surface area contributed by atoms with Gasteiger partial charge in [0.1, 0.15) is 0 Å². The smallest absolute Gasteiger partial charge is 0.231 e. The van der Waals surface area contributed by atoms with E-state index in [2.05, 4.69) is 49.0 Å². The third-order valence-electron chi connectivity index (χ3n) is 2.60. The second-order valence-corrected chi connectivity index (χ2v) is 4.73. The lowest BCUT2D eigenvalue weighted by Gasteiger charge is -2.19. The van der Waals surface area contributed by atoms with E-state index in [1.807, 2.05) is 0 Å². The molecule has 0 atom stereocenters. The van der Waals surface area contributed by atoms with Crippen molar-refractivity contribution < 1.29 is 0 Å². The van der Waals surface area contributed by atoms with E-state index in [4.69, 9.17) is 0 Å². The van der Waals surface area contributed by atoms with Crippen LogP contribution in [-0.2, 0) is 0 Å². The van der Waals surface area contributed by atoms with Crippen molar-refractivity contribution in [2.24, 2.45) is 0 Å². The van der Waals surface area contributed by atoms with Gasteiger partial charge in [-0.05, 0) is 31.7 Å². The zero-order chi connectivity index (χ0) is 14.4. The molecule has 0 spiro atoms. The standard InChI is InChI=1S/C12H17N7S/c1-4-19(5-2)10-16-9(13-3)17-12(18-10)20-11-14-7-6-8-15-11/h6-8H,4-5H2,1-3H3,(H,13,16,17,18). The summed E-state index contributed by atoms with van der Waals surface area (Å²) in [7, 11) is 1.79. The van der Waals surface area contributed by atoms with Gasteiger partial charge < -0.3 is 10.2 Å². The van der Waals surface area contributed by atoms with E-state index in [9.17, 15) is 0 Å². The van der Waals surface area contributed by atoms with Gasteiger partial charge in [-0.15, -0.1) is 0 Å². The maximum Gasteiger partial charge on any atom is 0.231 e. The fraction of sp³-hybridized carbons (Fsp3) is 0.417. The van der Waals surface area contributed by atoms with E-state index in [0.29, 0.717) is 22.2 Å². The number of aromatic nitrogens is 5. The molecule has 2 heterocycles. The number of rotatable bonds is 6. The Hall–Kier alpha value is -1.96. The summed E-state index contributed by atoms with van der Waals surface area (Å²) in [5, 5.41) is 4.15. The maximum atomic E-state index is 4.47. The Morgan fingerprint density at radius 3 is 2.35 bits per heavy atom. The van der Waals surface area contributed by atoms with E-state index < -0.39 is 0 Å². The highest BCUT2D eigenvalue weighted by Crippen LogP contribution is 2.23. The van der Waals surface area contributed by atoms with Crippen LogP contribution in [0.15, 0.2) is 28.8 Å². The van der Waals surface area contributed by atoms with Gasteiger partial charge in [0.05, 0.1) is 0 Å². The topological polar surface area (TPSA) is 79.7 Å². The summed E-state index contributed by atoms with van der Waals surface area (Å²) in [5.41, 5.74) is 0. The predicted molar refractivity (Wildman–Crippen MR) is 79.1 cm³/mol. The van der Waals surface area contributed by atoms with E-state index in [0.717, 1.165) is 13.1 Å². The SMILES string of the molecule is CCN(CC)c1nc(NC)nc(Sc2ncccn2)n1. The summed E-state index contributed by atoms with van der Waals surface area (Å²) in [6.07, 6.45) is 3.39. The van der Waals surface area contributed by atoms with Crippen molar-refractivity contribution in [3.63, 3.8) is 0 Å². The molecule has 2 aromatic heterocycles. The summed E-state index contributed by atoms with van der Waals surface area (Å²) >= 11 is 1.32. The molecule has 2 rings (SSSR count). The number of nitrogens with one attached hydrogen (secondary N) is 1. The first-order chi connectivity index (χ1) is 9.76. The highest BCUT2D eigenvalue weighted by molar-refractivity contribution is 7.99. The van der Waals surface area contributed by atoms with Gasteiger partial charge in [-0.3, -0.25) is 0 Å². The molecule has 0 amide bonds. The van der Waals surface area contributed by atoms with Gasteiger partial charge in [-0.1, -0.05) is 0 Å². The molecule has 20 heavy (non-hydrogen) atoms. The third kappa shape index (κ3) is 3.53. The number of anilines is 2. The molecule has 0 saturated carbocycles. The van der Waals surface area contributed by atoms with E-state index in [1.165, 1.54) is 11.8 Å². The van der Waals surface area contributed by atoms with Gasteiger partial charge >= 0.3 is 0 Å². The zero-order valence-corrected chi connectivity index (χ0v) is 12.6.